The van der Waals surface area contributed by atoms with Crippen molar-refractivity contribution in [2.75, 3.05) is 13.2 Å². The molecule has 35 heavy (non-hydrogen) atoms. The van der Waals surface area contributed by atoms with Crippen molar-refractivity contribution in [2.45, 2.75) is 62.4 Å². The van der Waals surface area contributed by atoms with Gasteiger partial charge in [0.1, 0.15) is 24.0 Å². The van der Waals surface area contributed by atoms with Gasteiger partial charge in [-0.2, -0.15) is 4.68 Å². The van der Waals surface area contributed by atoms with Crippen molar-refractivity contribution in [2.24, 2.45) is 0 Å². The summed E-state index contributed by atoms with van der Waals surface area (Å²) in [6.07, 6.45) is 11.2. The van der Waals surface area contributed by atoms with Crippen molar-refractivity contribution in [3.05, 3.63) is 43.0 Å². The van der Waals surface area contributed by atoms with E-state index in [4.69, 9.17) is 26.4 Å². The van der Waals surface area contributed by atoms with E-state index in [1.54, 1.807) is 17.2 Å². The summed E-state index contributed by atoms with van der Waals surface area (Å²) in [6.45, 7) is 0.934. The monoisotopic (exact) mass is 496 g/mol. The zero-order valence-electron chi connectivity index (χ0n) is 19.2. The molecule has 2 saturated heterocycles. The highest BCUT2D eigenvalue weighted by Gasteiger charge is 2.50. The Balaban J connectivity index is 1.08. The lowest BCUT2D eigenvalue weighted by Gasteiger charge is -2.26. The van der Waals surface area contributed by atoms with Crippen LogP contribution >= 0.6 is 12.2 Å². The van der Waals surface area contributed by atoms with Gasteiger partial charge >= 0.3 is 6.01 Å². The highest BCUT2D eigenvalue weighted by Crippen LogP contribution is 2.36. The molecule has 0 unspecified atom stereocenters. The molecule has 2 aliphatic heterocycles. The minimum Gasteiger partial charge on any atom is -0.423 e. The zero-order valence-corrected chi connectivity index (χ0v) is 20.0. The van der Waals surface area contributed by atoms with Gasteiger partial charge < -0.3 is 29.4 Å². The molecule has 2 aromatic heterocycles. The molecule has 0 bridgehead atoms. The van der Waals surface area contributed by atoms with E-state index in [0.717, 1.165) is 5.69 Å². The lowest BCUT2D eigenvalue weighted by atomic mass is 9.96. The molecule has 6 rings (SSSR count). The fourth-order valence-electron chi connectivity index (χ4n) is 5.12. The van der Waals surface area contributed by atoms with E-state index in [1.165, 1.54) is 32.1 Å². The Morgan fingerprint density at radius 2 is 1.86 bits per heavy atom. The smallest absolute Gasteiger partial charge is 0.341 e. The average molecular weight is 497 g/mol. The van der Waals surface area contributed by atoms with Crippen LogP contribution in [0.15, 0.2) is 43.0 Å². The standard InChI is InChI=1S/C23H28N8O3S/c35-22(25-15-4-2-1-3-5-15)26-18-12-32-21-19(13-33-20(18)21)31-23(27-28-29-31)34-17-8-6-16(7-9-17)30-11-10-24-14-30/h6-11,14-15,18-21H,1-5,12-13H2,(H2,25,26,35)/t18-,19-,20+,21+/m0/s1. The van der Waals surface area contributed by atoms with Crippen molar-refractivity contribution in [3.8, 4) is 17.4 Å². The number of hydrogen-bond acceptors (Lipinski definition) is 8. The highest BCUT2D eigenvalue weighted by molar-refractivity contribution is 7.80. The number of thiocarbonyl (C=S) groups is 1. The van der Waals surface area contributed by atoms with Gasteiger partial charge in [0.25, 0.3) is 0 Å². The number of imidazole rings is 1. The van der Waals surface area contributed by atoms with Crippen LogP contribution < -0.4 is 15.4 Å². The van der Waals surface area contributed by atoms with E-state index in [2.05, 4.69) is 31.1 Å². The Kier molecular flexibility index (Phi) is 6.32. The van der Waals surface area contributed by atoms with Crippen molar-refractivity contribution in [1.29, 1.82) is 0 Å². The zero-order chi connectivity index (χ0) is 23.6. The van der Waals surface area contributed by atoms with Crippen LogP contribution in [0, 0.1) is 0 Å². The molecule has 184 valence electrons. The van der Waals surface area contributed by atoms with Crippen LogP contribution in [-0.4, -0.2) is 72.4 Å². The highest BCUT2D eigenvalue weighted by atomic mass is 32.1. The van der Waals surface area contributed by atoms with E-state index in [0.29, 0.717) is 36.1 Å². The minimum atomic E-state index is -0.195. The van der Waals surface area contributed by atoms with Crippen molar-refractivity contribution >= 4 is 17.3 Å². The molecular formula is C23H28N8O3S. The van der Waals surface area contributed by atoms with Gasteiger partial charge in [-0.05, 0) is 59.8 Å². The molecule has 0 spiro atoms. The van der Waals surface area contributed by atoms with Gasteiger partial charge in [0.2, 0.25) is 0 Å². The van der Waals surface area contributed by atoms with Crippen LogP contribution in [0.4, 0.5) is 0 Å². The largest absolute Gasteiger partial charge is 0.423 e. The predicted octanol–water partition coefficient (Wildman–Crippen LogP) is 2.16. The maximum atomic E-state index is 6.12. The molecule has 1 aromatic carbocycles. The van der Waals surface area contributed by atoms with Gasteiger partial charge in [-0.3, -0.25) is 0 Å². The number of ether oxygens (including phenoxy) is 3. The molecule has 3 aliphatic rings. The van der Waals surface area contributed by atoms with E-state index in [1.807, 2.05) is 35.0 Å². The van der Waals surface area contributed by atoms with Crippen LogP contribution in [0.2, 0.25) is 0 Å². The predicted molar refractivity (Wildman–Crippen MR) is 130 cm³/mol. The summed E-state index contributed by atoms with van der Waals surface area (Å²) in [5, 5.41) is 19.6. The SMILES string of the molecule is S=C(NC1CCCCC1)N[C@H]1CO[C@H]2[C@@H]1OC[C@@H]2n1nnnc1Oc1ccc(-n2ccnc2)cc1. The second-order valence-electron chi connectivity index (χ2n) is 9.19. The molecule has 11 nitrogen and oxygen atoms in total. The van der Waals surface area contributed by atoms with Gasteiger partial charge in [0.05, 0.1) is 25.6 Å². The summed E-state index contributed by atoms with van der Waals surface area (Å²) in [7, 11) is 0. The molecule has 4 heterocycles. The number of nitrogens with one attached hydrogen (secondary N) is 2. The Morgan fingerprint density at radius 1 is 1.03 bits per heavy atom. The number of benzene rings is 1. The van der Waals surface area contributed by atoms with Crippen molar-refractivity contribution in [3.63, 3.8) is 0 Å². The van der Waals surface area contributed by atoms with E-state index < -0.39 is 0 Å². The second-order valence-corrected chi connectivity index (χ2v) is 9.60. The number of nitrogens with zero attached hydrogens (tertiary/aromatic N) is 6. The summed E-state index contributed by atoms with van der Waals surface area (Å²) < 4.78 is 21.8. The normalized spacial score (nSPS) is 26.4. The lowest BCUT2D eigenvalue weighted by molar-refractivity contribution is 0.0614. The van der Waals surface area contributed by atoms with Crippen molar-refractivity contribution < 1.29 is 14.2 Å². The summed E-state index contributed by atoms with van der Waals surface area (Å²) in [6, 6.07) is 8.16. The fraction of sp³-hybridized carbons (Fsp3) is 0.522. The van der Waals surface area contributed by atoms with Crippen LogP contribution in [-0.2, 0) is 9.47 Å². The van der Waals surface area contributed by atoms with E-state index in [9.17, 15) is 0 Å². The van der Waals surface area contributed by atoms with Crippen LogP contribution in [0.25, 0.3) is 5.69 Å². The molecule has 1 saturated carbocycles. The Bertz CT molecular complexity index is 1130. The number of tetrazole rings is 1. The first kappa shape index (κ1) is 22.4. The molecule has 3 aromatic rings. The van der Waals surface area contributed by atoms with Gasteiger partial charge in [0, 0.05) is 24.1 Å². The molecule has 4 atom stereocenters. The molecule has 2 N–H and O–H groups in total. The Hall–Kier alpha value is -3.09. The van der Waals surface area contributed by atoms with Crippen LogP contribution in [0.5, 0.6) is 11.8 Å². The number of fused-ring (bicyclic) bond motifs is 1. The molecule has 0 amide bonds. The lowest BCUT2D eigenvalue weighted by Crippen LogP contribution is -2.50. The van der Waals surface area contributed by atoms with Gasteiger partial charge in [0.15, 0.2) is 5.11 Å². The molecule has 3 fully saturated rings. The number of rotatable bonds is 6. The second kappa shape index (κ2) is 9.88. The average Bonchev–Trinajstić information content (AvgIpc) is 3.67. The maximum Gasteiger partial charge on any atom is 0.341 e. The first-order valence-electron chi connectivity index (χ1n) is 12.1. The molecular weight excluding hydrogens is 468 g/mol. The summed E-state index contributed by atoms with van der Waals surface area (Å²) in [4.78, 5) is 4.07. The maximum absolute atomic E-state index is 6.12. The Morgan fingerprint density at radius 3 is 2.66 bits per heavy atom. The third kappa shape index (κ3) is 4.73. The van der Waals surface area contributed by atoms with Crippen LogP contribution in [0.3, 0.4) is 0 Å². The van der Waals surface area contributed by atoms with Crippen molar-refractivity contribution in [1.82, 2.24) is 40.4 Å². The molecule has 1 aliphatic carbocycles. The topological polar surface area (TPSA) is 113 Å². The first-order valence-corrected chi connectivity index (χ1v) is 12.5. The van der Waals surface area contributed by atoms with Gasteiger partial charge in [-0.25, -0.2) is 4.98 Å². The Labute approximate surface area is 208 Å². The third-order valence-corrected chi connectivity index (χ3v) is 7.15. The fourth-order valence-corrected chi connectivity index (χ4v) is 5.44. The van der Waals surface area contributed by atoms with Gasteiger partial charge in [-0.15, -0.1) is 0 Å². The number of hydrogen-bond donors (Lipinski definition) is 2. The van der Waals surface area contributed by atoms with Gasteiger partial charge in [-0.1, -0.05) is 24.4 Å². The first-order chi connectivity index (χ1) is 17.2. The van der Waals surface area contributed by atoms with E-state index in [-0.39, 0.29) is 24.3 Å². The quantitative estimate of drug-likeness (QED) is 0.492. The summed E-state index contributed by atoms with van der Waals surface area (Å²) in [5.41, 5.74) is 0.982. The molecule has 12 heteroatoms. The summed E-state index contributed by atoms with van der Waals surface area (Å²) in [5.74, 6) is 0.631. The number of aromatic nitrogens is 6. The summed E-state index contributed by atoms with van der Waals surface area (Å²) >= 11 is 5.57. The molecule has 0 radical (unpaired) electrons. The minimum absolute atomic E-state index is 0.0230. The third-order valence-electron chi connectivity index (χ3n) is 6.91. The van der Waals surface area contributed by atoms with Crippen LogP contribution in [0.1, 0.15) is 38.1 Å². The van der Waals surface area contributed by atoms with E-state index >= 15 is 0 Å².